The molecule has 0 radical (unpaired) electrons. The van der Waals surface area contributed by atoms with Crippen LogP contribution in [0.15, 0.2) is 24.4 Å². The molecule has 0 bridgehead atoms. The van der Waals surface area contributed by atoms with Gasteiger partial charge in [-0.05, 0) is 29.7 Å². The van der Waals surface area contributed by atoms with Crippen LogP contribution in [-0.2, 0) is 13.2 Å². The number of aliphatic hydroxyl groups excluding tert-OH is 3. The fraction of sp³-hybridized carbons (Fsp3) is 0.429. The Hall–Kier alpha value is -2.70. The summed E-state index contributed by atoms with van der Waals surface area (Å²) in [5.74, 6) is 1.70. The van der Waals surface area contributed by atoms with Crippen LogP contribution in [0.2, 0.25) is 0 Å². The molecule has 1 aliphatic rings. The van der Waals surface area contributed by atoms with Crippen LogP contribution >= 0.6 is 11.3 Å². The normalized spacial score (nSPS) is 14.7. The number of benzene rings is 1. The summed E-state index contributed by atoms with van der Waals surface area (Å²) in [7, 11) is 0. The largest absolute Gasteiger partial charge is 0.395 e. The van der Waals surface area contributed by atoms with Crippen LogP contribution in [0.3, 0.4) is 0 Å². The molecule has 2 aromatic heterocycles. The van der Waals surface area contributed by atoms with Crippen LogP contribution in [0.4, 0.5) is 17.0 Å². The van der Waals surface area contributed by atoms with Gasteiger partial charge in [0.25, 0.3) is 0 Å². The van der Waals surface area contributed by atoms with Crippen LogP contribution in [0.5, 0.6) is 0 Å². The summed E-state index contributed by atoms with van der Waals surface area (Å²) in [5, 5.41) is 31.9. The van der Waals surface area contributed by atoms with Crippen molar-refractivity contribution in [2.24, 2.45) is 0 Å². The van der Waals surface area contributed by atoms with Crippen molar-refractivity contribution in [3.63, 3.8) is 0 Å². The van der Waals surface area contributed by atoms with E-state index in [2.05, 4.69) is 35.1 Å². The SMILES string of the molecule is Cc1nc(Nc2ncc(-c3ccc(CO)c(CO)c3)s2)nc(N2CCN(CCO)CC2)n1. The average Bonchev–Trinajstić information content (AvgIpc) is 3.27. The van der Waals surface area contributed by atoms with Crippen LogP contribution in [0, 0.1) is 6.92 Å². The summed E-state index contributed by atoms with van der Waals surface area (Å²) in [6.45, 7) is 5.75. The Labute approximate surface area is 190 Å². The molecule has 1 aromatic carbocycles. The molecule has 170 valence electrons. The van der Waals surface area contributed by atoms with Gasteiger partial charge in [0.15, 0.2) is 5.13 Å². The minimum atomic E-state index is -0.130. The molecule has 0 spiro atoms. The highest BCUT2D eigenvalue weighted by Crippen LogP contribution is 2.31. The quantitative estimate of drug-likeness (QED) is 0.391. The maximum atomic E-state index is 9.55. The lowest BCUT2D eigenvalue weighted by Crippen LogP contribution is -2.47. The van der Waals surface area contributed by atoms with Crippen molar-refractivity contribution in [3.8, 4) is 10.4 Å². The summed E-state index contributed by atoms with van der Waals surface area (Å²) in [4.78, 5) is 23.2. The number of hydrogen-bond acceptors (Lipinski definition) is 11. The van der Waals surface area contributed by atoms with Gasteiger partial charge in [-0.2, -0.15) is 15.0 Å². The average molecular weight is 458 g/mol. The van der Waals surface area contributed by atoms with E-state index in [-0.39, 0.29) is 19.8 Å². The Morgan fingerprint density at radius 3 is 2.50 bits per heavy atom. The van der Waals surface area contributed by atoms with Crippen molar-refractivity contribution in [1.29, 1.82) is 0 Å². The number of rotatable bonds is 8. The van der Waals surface area contributed by atoms with Gasteiger partial charge >= 0.3 is 0 Å². The molecule has 0 atom stereocenters. The van der Waals surface area contributed by atoms with Crippen molar-refractivity contribution in [2.45, 2.75) is 20.1 Å². The number of piperazine rings is 1. The molecule has 0 aliphatic carbocycles. The number of β-amino-alcohol motifs (C(OH)–C–C–N with tert-alkyl or cyclic N) is 1. The summed E-state index contributed by atoms with van der Waals surface area (Å²) in [5.41, 5.74) is 2.33. The number of hydrogen-bond donors (Lipinski definition) is 4. The van der Waals surface area contributed by atoms with E-state index in [1.165, 1.54) is 11.3 Å². The fourth-order valence-corrected chi connectivity index (χ4v) is 4.43. The monoisotopic (exact) mass is 457 g/mol. The van der Waals surface area contributed by atoms with Gasteiger partial charge in [0.05, 0.1) is 24.7 Å². The zero-order chi connectivity index (χ0) is 22.5. The topological polar surface area (TPSA) is 131 Å². The Balaban J connectivity index is 1.48. The highest BCUT2D eigenvalue weighted by atomic mass is 32.1. The lowest BCUT2D eigenvalue weighted by atomic mass is 10.0. The van der Waals surface area contributed by atoms with Gasteiger partial charge in [-0.1, -0.05) is 23.5 Å². The molecule has 4 rings (SSSR count). The molecule has 1 saturated heterocycles. The maximum absolute atomic E-state index is 9.55. The van der Waals surface area contributed by atoms with Crippen molar-refractivity contribution in [2.75, 3.05) is 49.5 Å². The zero-order valence-electron chi connectivity index (χ0n) is 17.9. The second-order valence-corrected chi connectivity index (χ2v) is 8.54. The first kappa shape index (κ1) is 22.5. The molecule has 32 heavy (non-hydrogen) atoms. The van der Waals surface area contributed by atoms with Gasteiger partial charge in [0, 0.05) is 38.9 Å². The second kappa shape index (κ2) is 10.3. The van der Waals surface area contributed by atoms with Gasteiger partial charge in [0.1, 0.15) is 5.82 Å². The molecule has 0 saturated carbocycles. The minimum absolute atomic E-state index is 0.108. The van der Waals surface area contributed by atoms with E-state index in [4.69, 9.17) is 5.11 Å². The molecule has 3 heterocycles. The van der Waals surface area contributed by atoms with Crippen LogP contribution in [0.1, 0.15) is 17.0 Å². The standard InChI is InChI=1S/C21H27N7O3S/c1-14-23-19(25-20(24-14)28-6-4-27(5-7-28)8-9-29)26-21-22-11-18(32-21)15-2-3-16(12-30)17(10-15)13-31/h2-3,10-11,29-31H,4-9,12-13H2,1H3,(H,22,23,24,25,26). The van der Waals surface area contributed by atoms with Crippen molar-refractivity contribution in [1.82, 2.24) is 24.8 Å². The highest BCUT2D eigenvalue weighted by molar-refractivity contribution is 7.18. The molecule has 11 heteroatoms. The molecular formula is C21H27N7O3S. The number of anilines is 3. The second-order valence-electron chi connectivity index (χ2n) is 7.51. The number of nitrogens with one attached hydrogen (secondary N) is 1. The smallest absolute Gasteiger partial charge is 0.234 e. The predicted octanol–water partition coefficient (Wildman–Crippen LogP) is 1.15. The first-order valence-corrected chi connectivity index (χ1v) is 11.3. The molecule has 0 amide bonds. The molecule has 3 aromatic rings. The van der Waals surface area contributed by atoms with Gasteiger partial charge < -0.3 is 20.2 Å². The van der Waals surface area contributed by atoms with Crippen LogP contribution < -0.4 is 10.2 Å². The molecule has 0 unspecified atom stereocenters. The van der Waals surface area contributed by atoms with E-state index in [9.17, 15) is 10.2 Å². The third-order valence-corrected chi connectivity index (χ3v) is 6.32. The number of aliphatic hydroxyl groups is 3. The van der Waals surface area contributed by atoms with Gasteiger partial charge in [0.2, 0.25) is 11.9 Å². The van der Waals surface area contributed by atoms with Crippen molar-refractivity contribution < 1.29 is 15.3 Å². The molecular weight excluding hydrogens is 430 g/mol. The molecule has 4 N–H and O–H groups in total. The van der Waals surface area contributed by atoms with E-state index < -0.39 is 0 Å². The molecule has 10 nitrogen and oxygen atoms in total. The van der Waals surface area contributed by atoms with E-state index in [0.717, 1.165) is 36.6 Å². The molecule has 1 fully saturated rings. The maximum Gasteiger partial charge on any atom is 0.234 e. The number of aromatic nitrogens is 4. The van der Waals surface area contributed by atoms with E-state index >= 15 is 0 Å². The Bertz CT molecular complexity index is 1050. The summed E-state index contributed by atoms with van der Waals surface area (Å²) in [6.07, 6.45) is 1.76. The Morgan fingerprint density at radius 1 is 1.00 bits per heavy atom. The Morgan fingerprint density at radius 2 is 1.78 bits per heavy atom. The number of thiazole rings is 1. The van der Waals surface area contributed by atoms with Gasteiger partial charge in [-0.3, -0.25) is 10.2 Å². The highest BCUT2D eigenvalue weighted by Gasteiger charge is 2.20. The zero-order valence-corrected chi connectivity index (χ0v) is 18.7. The van der Waals surface area contributed by atoms with Gasteiger partial charge in [-0.25, -0.2) is 4.98 Å². The van der Waals surface area contributed by atoms with E-state index in [1.54, 1.807) is 6.20 Å². The number of aryl methyl sites for hydroxylation is 1. The van der Waals surface area contributed by atoms with E-state index in [0.29, 0.717) is 40.5 Å². The first-order chi connectivity index (χ1) is 15.6. The van der Waals surface area contributed by atoms with E-state index in [1.807, 2.05) is 25.1 Å². The van der Waals surface area contributed by atoms with Crippen molar-refractivity contribution in [3.05, 3.63) is 41.3 Å². The Kier molecular flexibility index (Phi) is 7.22. The number of nitrogens with zero attached hydrogens (tertiary/aromatic N) is 6. The minimum Gasteiger partial charge on any atom is -0.395 e. The van der Waals surface area contributed by atoms with Gasteiger partial charge in [-0.15, -0.1) is 0 Å². The van der Waals surface area contributed by atoms with Crippen LogP contribution in [-0.4, -0.2) is 79.5 Å². The third-order valence-electron chi connectivity index (χ3n) is 5.36. The lowest BCUT2D eigenvalue weighted by molar-refractivity contribution is 0.188. The first-order valence-electron chi connectivity index (χ1n) is 10.5. The third kappa shape index (κ3) is 5.19. The lowest BCUT2D eigenvalue weighted by Gasteiger charge is -2.34. The predicted molar refractivity (Wildman–Crippen MR) is 123 cm³/mol. The van der Waals surface area contributed by atoms with Crippen molar-refractivity contribution >= 4 is 28.4 Å². The summed E-state index contributed by atoms with van der Waals surface area (Å²) < 4.78 is 0. The van der Waals surface area contributed by atoms with Crippen LogP contribution in [0.25, 0.3) is 10.4 Å². The fourth-order valence-electron chi connectivity index (χ4n) is 3.62. The molecule has 1 aliphatic heterocycles. The summed E-state index contributed by atoms with van der Waals surface area (Å²) in [6, 6.07) is 5.59. The summed E-state index contributed by atoms with van der Waals surface area (Å²) >= 11 is 1.46.